The lowest BCUT2D eigenvalue weighted by molar-refractivity contribution is 0.112. The number of nitrogens with one attached hydrogen (secondary N) is 1. The van der Waals surface area contributed by atoms with E-state index in [1.807, 2.05) is 12.1 Å². The third-order valence-electron chi connectivity index (χ3n) is 5.22. The van der Waals surface area contributed by atoms with E-state index in [4.69, 9.17) is 10.5 Å². The molecule has 3 heterocycles. The lowest BCUT2D eigenvalue weighted by Gasteiger charge is -2.25. The summed E-state index contributed by atoms with van der Waals surface area (Å²) in [6, 6.07) is 5.46. The van der Waals surface area contributed by atoms with Gasteiger partial charge in [-0.2, -0.15) is 0 Å². The summed E-state index contributed by atoms with van der Waals surface area (Å²) in [7, 11) is 0. The molecule has 1 aromatic heterocycles. The summed E-state index contributed by atoms with van der Waals surface area (Å²) in [6.45, 7) is 2.44. The second kappa shape index (κ2) is 7.09. The smallest absolute Gasteiger partial charge is 0.293 e. The minimum atomic E-state index is -0.280. The van der Waals surface area contributed by atoms with Crippen LogP contribution in [-0.4, -0.2) is 34.4 Å². The fourth-order valence-electron chi connectivity index (χ4n) is 3.80. The van der Waals surface area contributed by atoms with Crippen molar-refractivity contribution >= 4 is 5.82 Å². The molecule has 1 aromatic carbocycles. The zero-order valence-electron chi connectivity index (χ0n) is 14.6. The van der Waals surface area contributed by atoms with Gasteiger partial charge in [0, 0.05) is 31.0 Å². The highest BCUT2D eigenvalue weighted by Gasteiger charge is 2.22. The Morgan fingerprint density at radius 3 is 2.92 bits per heavy atom. The van der Waals surface area contributed by atoms with Gasteiger partial charge in [0.15, 0.2) is 5.82 Å². The predicted molar refractivity (Wildman–Crippen MR) is 99.1 cm³/mol. The van der Waals surface area contributed by atoms with Crippen LogP contribution in [0.25, 0.3) is 11.3 Å². The molecule has 0 saturated carbocycles. The topological polar surface area (TPSA) is 102 Å². The third kappa shape index (κ3) is 3.20. The van der Waals surface area contributed by atoms with Crippen molar-refractivity contribution < 1.29 is 9.84 Å². The maximum atomic E-state index is 12.5. The normalized spacial score (nSPS) is 23.2. The lowest BCUT2D eigenvalue weighted by atomic mass is 10.0. The van der Waals surface area contributed by atoms with E-state index in [9.17, 15) is 9.90 Å². The minimum absolute atomic E-state index is 0.0418. The lowest BCUT2D eigenvalue weighted by Crippen LogP contribution is -2.37. The van der Waals surface area contributed by atoms with E-state index in [1.54, 1.807) is 16.8 Å². The molecule has 2 aliphatic rings. The van der Waals surface area contributed by atoms with Crippen LogP contribution < -0.4 is 16.6 Å². The van der Waals surface area contributed by atoms with Crippen molar-refractivity contribution in [3.63, 3.8) is 0 Å². The van der Waals surface area contributed by atoms with Gasteiger partial charge in [-0.3, -0.25) is 4.79 Å². The van der Waals surface area contributed by atoms with Gasteiger partial charge < -0.3 is 25.5 Å². The van der Waals surface area contributed by atoms with Crippen molar-refractivity contribution in [3.8, 4) is 17.0 Å². The van der Waals surface area contributed by atoms with Crippen LogP contribution in [0.4, 0.5) is 5.82 Å². The number of nitrogen functional groups attached to an aromatic ring is 1. The predicted octanol–water partition coefficient (Wildman–Crippen LogP) is 1.97. The first kappa shape index (κ1) is 17.1. The molecule has 2 atom stereocenters. The fourth-order valence-corrected chi connectivity index (χ4v) is 3.80. The van der Waals surface area contributed by atoms with Crippen LogP contribution in [-0.2, 0) is 4.74 Å². The molecule has 138 valence electrons. The Morgan fingerprint density at radius 1 is 1.31 bits per heavy atom. The molecule has 26 heavy (non-hydrogen) atoms. The number of hydrogen-bond donors (Lipinski definition) is 3. The van der Waals surface area contributed by atoms with Crippen molar-refractivity contribution in [2.24, 2.45) is 0 Å². The molecule has 0 bridgehead atoms. The van der Waals surface area contributed by atoms with Gasteiger partial charge in [-0.1, -0.05) is 6.07 Å². The molecule has 0 aliphatic carbocycles. The molecule has 0 spiro atoms. The fraction of sp³-hybridized carbons (Fsp3) is 0.474. The molecular weight excluding hydrogens is 332 g/mol. The number of nitrogens with two attached hydrogens (primary N) is 1. The third-order valence-corrected chi connectivity index (χ3v) is 5.22. The van der Waals surface area contributed by atoms with Crippen LogP contribution in [0.15, 0.2) is 29.2 Å². The molecular formula is C19H24N4O3. The van der Waals surface area contributed by atoms with E-state index >= 15 is 0 Å². The van der Waals surface area contributed by atoms with E-state index in [-0.39, 0.29) is 29.3 Å². The number of anilines is 1. The highest BCUT2D eigenvalue weighted by Crippen LogP contribution is 2.35. The molecule has 2 aliphatic heterocycles. The number of benzene rings is 1. The van der Waals surface area contributed by atoms with Crippen LogP contribution in [0.2, 0.25) is 0 Å². The highest BCUT2D eigenvalue weighted by molar-refractivity contribution is 5.68. The van der Waals surface area contributed by atoms with E-state index < -0.39 is 0 Å². The summed E-state index contributed by atoms with van der Waals surface area (Å²) >= 11 is 0. The Kier molecular flexibility index (Phi) is 4.65. The Labute approximate surface area is 151 Å². The van der Waals surface area contributed by atoms with Crippen LogP contribution in [0.1, 0.15) is 43.4 Å². The highest BCUT2D eigenvalue weighted by atomic mass is 16.5. The number of phenolic OH excluding ortho intramolecular Hbond substituents is 1. The minimum Gasteiger partial charge on any atom is -0.507 e. The Bertz CT molecular complexity index is 852. The summed E-state index contributed by atoms with van der Waals surface area (Å²) in [5.41, 5.74) is 7.71. The molecule has 0 radical (unpaired) electrons. The molecule has 4 N–H and O–H groups in total. The van der Waals surface area contributed by atoms with E-state index in [0.717, 1.165) is 50.9 Å². The number of aromatic hydroxyl groups is 1. The summed E-state index contributed by atoms with van der Waals surface area (Å²) in [5.74, 6) is 0.0700. The number of hydrogen-bond acceptors (Lipinski definition) is 6. The standard InChI is InChI=1S/C19H24N4O3/c20-18-19(25)23(13-3-1-7-21-10-13)11-15(22-18)14-9-12(5-6-16(14)24)17-4-2-8-26-17/h5-6,9,11,13,17,21,24H,1-4,7-8,10H2,(H2,20,22). The second-order valence-electron chi connectivity index (χ2n) is 7.00. The maximum absolute atomic E-state index is 12.5. The molecule has 2 unspecified atom stereocenters. The average molecular weight is 356 g/mol. The number of rotatable bonds is 3. The summed E-state index contributed by atoms with van der Waals surface area (Å²) < 4.78 is 7.40. The summed E-state index contributed by atoms with van der Waals surface area (Å²) in [4.78, 5) is 16.7. The van der Waals surface area contributed by atoms with Gasteiger partial charge in [-0.25, -0.2) is 4.98 Å². The van der Waals surface area contributed by atoms with Gasteiger partial charge in [0.1, 0.15) is 5.75 Å². The van der Waals surface area contributed by atoms with Crippen molar-refractivity contribution in [1.82, 2.24) is 14.9 Å². The van der Waals surface area contributed by atoms with Crippen molar-refractivity contribution in [3.05, 3.63) is 40.3 Å². The Balaban J connectivity index is 1.76. The van der Waals surface area contributed by atoms with Crippen LogP contribution in [0.3, 0.4) is 0 Å². The molecule has 2 aromatic rings. The van der Waals surface area contributed by atoms with Crippen molar-refractivity contribution in [2.45, 2.75) is 37.8 Å². The summed E-state index contributed by atoms with van der Waals surface area (Å²) in [6.07, 6.45) is 5.68. The number of ether oxygens (including phenoxy) is 1. The molecule has 7 heteroatoms. The first-order valence-corrected chi connectivity index (χ1v) is 9.18. The van der Waals surface area contributed by atoms with Gasteiger partial charge in [-0.05, 0) is 49.9 Å². The largest absolute Gasteiger partial charge is 0.507 e. The van der Waals surface area contributed by atoms with E-state index in [2.05, 4.69) is 10.3 Å². The SMILES string of the molecule is Nc1nc(-c2cc(C3CCCO3)ccc2O)cn(C2CCCNC2)c1=O. The van der Waals surface area contributed by atoms with Gasteiger partial charge in [0.25, 0.3) is 5.56 Å². The monoisotopic (exact) mass is 356 g/mol. The number of phenols is 1. The molecule has 7 nitrogen and oxygen atoms in total. The Morgan fingerprint density at radius 2 is 2.19 bits per heavy atom. The van der Waals surface area contributed by atoms with Gasteiger partial charge >= 0.3 is 0 Å². The van der Waals surface area contributed by atoms with Gasteiger partial charge in [-0.15, -0.1) is 0 Å². The molecule has 4 rings (SSSR count). The zero-order valence-corrected chi connectivity index (χ0v) is 14.6. The maximum Gasteiger partial charge on any atom is 0.293 e. The van der Waals surface area contributed by atoms with Crippen LogP contribution in [0, 0.1) is 0 Å². The Hall–Kier alpha value is -2.38. The zero-order chi connectivity index (χ0) is 18.1. The first-order valence-electron chi connectivity index (χ1n) is 9.18. The quantitative estimate of drug-likeness (QED) is 0.777. The molecule has 2 saturated heterocycles. The summed E-state index contributed by atoms with van der Waals surface area (Å²) in [5, 5.41) is 13.7. The molecule has 0 amide bonds. The first-order chi connectivity index (χ1) is 12.6. The van der Waals surface area contributed by atoms with Gasteiger partial charge in [0.2, 0.25) is 0 Å². The van der Waals surface area contributed by atoms with E-state index in [0.29, 0.717) is 11.3 Å². The van der Waals surface area contributed by atoms with Crippen LogP contribution in [0.5, 0.6) is 5.75 Å². The van der Waals surface area contributed by atoms with Gasteiger partial charge in [0.05, 0.1) is 11.8 Å². The number of piperidine rings is 1. The van der Waals surface area contributed by atoms with Crippen molar-refractivity contribution in [2.75, 3.05) is 25.4 Å². The second-order valence-corrected chi connectivity index (χ2v) is 7.00. The van der Waals surface area contributed by atoms with Crippen LogP contribution >= 0.6 is 0 Å². The number of aromatic nitrogens is 2. The van der Waals surface area contributed by atoms with Crippen molar-refractivity contribution in [1.29, 1.82) is 0 Å². The van der Waals surface area contributed by atoms with E-state index in [1.165, 1.54) is 0 Å². The number of nitrogens with zero attached hydrogens (tertiary/aromatic N) is 2. The molecule has 2 fully saturated rings. The average Bonchev–Trinajstić information content (AvgIpc) is 3.20.